The first-order valence-electron chi connectivity index (χ1n) is 4.88. The predicted octanol–water partition coefficient (Wildman–Crippen LogP) is 3.60. The SMILES string of the molecule is Cc1cnc(Cl)nc1Nc1cc(F)c(F)cc1F. The zero-order valence-corrected chi connectivity index (χ0v) is 9.89. The van der Waals surface area contributed by atoms with Crippen LogP contribution >= 0.6 is 11.6 Å². The zero-order valence-electron chi connectivity index (χ0n) is 9.14. The van der Waals surface area contributed by atoms with Gasteiger partial charge in [-0.15, -0.1) is 0 Å². The molecule has 1 aromatic carbocycles. The molecule has 1 N–H and O–H groups in total. The average Bonchev–Trinajstić information content (AvgIpc) is 2.30. The van der Waals surface area contributed by atoms with Crippen molar-refractivity contribution in [3.63, 3.8) is 0 Å². The Morgan fingerprint density at radius 1 is 1.11 bits per heavy atom. The maximum atomic E-state index is 13.4. The second-order valence-electron chi connectivity index (χ2n) is 3.54. The molecule has 0 radical (unpaired) electrons. The summed E-state index contributed by atoms with van der Waals surface area (Å²) in [6.07, 6.45) is 1.43. The van der Waals surface area contributed by atoms with Crippen molar-refractivity contribution < 1.29 is 13.2 Å². The van der Waals surface area contributed by atoms with Gasteiger partial charge in [0.25, 0.3) is 0 Å². The summed E-state index contributed by atoms with van der Waals surface area (Å²) < 4.78 is 39.2. The number of benzene rings is 1. The number of rotatable bonds is 2. The summed E-state index contributed by atoms with van der Waals surface area (Å²) in [5.41, 5.74) is 0.357. The Bertz CT molecular complexity index is 604. The van der Waals surface area contributed by atoms with E-state index in [0.717, 1.165) is 0 Å². The fraction of sp³-hybridized carbons (Fsp3) is 0.0909. The first kappa shape index (κ1) is 12.6. The van der Waals surface area contributed by atoms with Gasteiger partial charge in [-0.3, -0.25) is 0 Å². The largest absolute Gasteiger partial charge is 0.337 e. The minimum absolute atomic E-state index is 0.0360. The van der Waals surface area contributed by atoms with E-state index in [1.54, 1.807) is 6.92 Å². The van der Waals surface area contributed by atoms with Crippen LogP contribution in [0.1, 0.15) is 5.56 Å². The molecule has 0 saturated heterocycles. The van der Waals surface area contributed by atoms with Crippen LogP contribution in [0.15, 0.2) is 18.3 Å². The molecule has 18 heavy (non-hydrogen) atoms. The first-order chi connectivity index (χ1) is 8.47. The molecule has 0 aliphatic heterocycles. The highest BCUT2D eigenvalue weighted by Gasteiger charge is 2.11. The van der Waals surface area contributed by atoms with Gasteiger partial charge in [0.1, 0.15) is 11.6 Å². The molecule has 0 fully saturated rings. The van der Waals surface area contributed by atoms with Crippen molar-refractivity contribution in [1.82, 2.24) is 9.97 Å². The zero-order chi connectivity index (χ0) is 13.3. The van der Waals surface area contributed by atoms with E-state index in [4.69, 9.17) is 11.6 Å². The quantitative estimate of drug-likeness (QED) is 0.671. The molecule has 0 saturated carbocycles. The lowest BCUT2D eigenvalue weighted by atomic mass is 10.2. The van der Waals surface area contributed by atoms with Crippen LogP contribution in [0.3, 0.4) is 0 Å². The summed E-state index contributed by atoms with van der Waals surface area (Å²) in [6, 6.07) is 1.16. The van der Waals surface area contributed by atoms with E-state index in [-0.39, 0.29) is 16.8 Å². The highest BCUT2D eigenvalue weighted by molar-refractivity contribution is 6.28. The number of anilines is 2. The van der Waals surface area contributed by atoms with Crippen molar-refractivity contribution in [2.45, 2.75) is 6.92 Å². The minimum Gasteiger partial charge on any atom is -0.337 e. The Hall–Kier alpha value is -1.82. The lowest BCUT2D eigenvalue weighted by molar-refractivity contribution is 0.496. The topological polar surface area (TPSA) is 37.8 Å². The van der Waals surface area contributed by atoms with Gasteiger partial charge in [-0.25, -0.2) is 23.1 Å². The van der Waals surface area contributed by atoms with Crippen LogP contribution in [-0.2, 0) is 0 Å². The van der Waals surface area contributed by atoms with Crippen molar-refractivity contribution in [1.29, 1.82) is 0 Å². The maximum Gasteiger partial charge on any atom is 0.224 e. The third-order valence-corrected chi connectivity index (χ3v) is 2.39. The molecule has 1 aromatic heterocycles. The number of nitrogens with one attached hydrogen (secondary N) is 1. The Kier molecular flexibility index (Phi) is 3.38. The monoisotopic (exact) mass is 273 g/mol. The molecular formula is C11H7ClF3N3. The Labute approximate surface area is 106 Å². The van der Waals surface area contributed by atoms with E-state index in [0.29, 0.717) is 17.7 Å². The number of hydrogen-bond donors (Lipinski definition) is 1. The molecule has 1 heterocycles. The smallest absolute Gasteiger partial charge is 0.224 e. The van der Waals surface area contributed by atoms with Gasteiger partial charge in [0, 0.05) is 23.9 Å². The highest BCUT2D eigenvalue weighted by atomic mass is 35.5. The third kappa shape index (κ3) is 2.53. The fourth-order valence-electron chi connectivity index (χ4n) is 1.29. The molecule has 2 aromatic rings. The van der Waals surface area contributed by atoms with Crippen molar-refractivity contribution in [3.8, 4) is 0 Å². The van der Waals surface area contributed by atoms with Crippen LogP contribution in [0, 0.1) is 24.4 Å². The Morgan fingerprint density at radius 2 is 1.78 bits per heavy atom. The lowest BCUT2D eigenvalue weighted by Crippen LogP contribution is -2.01. The van der Waals surface area contributed by atoms with E-state index in [1.165, 1.54) is 6.20 Å². The molecule has 2 rings (SSSR count). The van der Waals surface area contributed by atoms with Crippen LogP contribution in [0.5, 0.6) is 0 Å². The molecule has 3 nitrogen and oxygen atoms in total. The summed E-state index contributed by atoms with van der Waals surface area (Å²) in [5, 5.41) is 2.50. The molecule has 0 aliphatic carbocycles. The summed E-state index contributed by atoms with van der Waals surface area (Å²) in [7, 11) is 0. The van der Waals surface area contributed by atoms with Gasteiger partial charge in [0.15, 0.2) is 11.6 Å². The summed E-state index contributed by atoms with van der Waals surface area (Å²) in [4.78, 5) is 7.54. The molecule has 0 unspecified atom stereocenters. The van der Waals surface area contributed by atoms with Crippen LogP contribution < -0.4 is 5.32 Å². The second-order valence-corrected chi connectivity index (χ2v) is 3.88. The van der Waals surface area contributed by atoms with Gasteiger partial charge in [0.05, 0.1) is 5.69 Å². The Balaban J connectivity index is 2.40. The number of hydrogen-bond acceptors (Lipinski definition) is 3. The van der Waals surface area contributed by atoms with E-state index in [9.17, 15) is 13.2 Å². The molecule has 0 aliphatic rings. The van der Waals surface area contributed by atoms with Crippen LogP contribution in [0.2, 0.25) is 5.28 Å². The van der Waals surface area contributed by atoms with Crippen LogP contribution in [-0.4, -0.2) is 9.97 Å². The van der Waals surface area contributed by atoms with E-state index in [2.05, 4.69) is 15.3 Å². The van der Waals surface area contributed by atoms with Gasteiger partial charge in [-0.05, 0) is 18.5 Å². The molecular weight excluding hydrogens is 267 g/mol. The number of halogens is 4. The van der Waals surface area contributed by atoms with Crippen LogP contribution in [0.25, 0.3) is 0 Å². The van der Waals surface area contributed by atoms with Gasteiger partial charge in [-0.1, -0.05) is 0 Å². The van der Waals surface area contributed by atoms with Crippen molar-refractivity contribution in [3.05, 3.63) is 46.6 Å². The van der Waals surface area contributed by atoms with Gasteiger partial charge in [-0.2, -0.15) is 0 Å². The number of aryl methyl sites for hydroxylation is 1. The average molecular weight is 274 g/mol. The van der Waals surface area contributed by atoms with Crippen molar-refractivity contribution >= 4 is 23.1 Å². The number of aromatic nitrogens is 2. The Morgan fingerprint density at radius 3 is 2.50 bits per heavy atom. The molecule has 0 bridgehead atoms. The highest BCUT2D eigenvalue weighted by Crippen LogP contribution is 2.23. The molecule has 0 atom stereocenters. The molecule has 0 spiro atoms. The van der Waals surface area contributed by atoms with E-state index >= 15 is 0 Å². The molecule has 94 valence electrons. The standard InChI is InChI=1S/C11H7ClF3N3/c1-5-4-16-11(12)18-10(5)17-9-3-7(14)6(13)2-8(9)15/h2-4H,1H3,(H,16,17,18). The normalized spacial score (nSPS) is 10.5. The second kappa shape index (κ2) is 4.81. The van der Waals surface area contributed by atoms with Crippen molar-refractivity contribution in [2.24, 2.45) is 0 Å². The van der Waals surface area contributed by atoms with E-state index in [1.807, 2.05) is 0 Å². The van der Waals surface area contributed by atoms with Gasteiger partial charge in [0.2, 0.25) is 5.28 Å². The summed E-state index contributed by atoms with van der Waals surface area (Å²) >= 11 is 5.59. The molecule has 0 amide bonds. The van der Waals surface area contributed by atoms with Crippen LogP contribution in [0.4, 0.5) is 24.7 Å². The lowest BCUT2D eigenvalue weighted by Gasteiger charge is -2.09. The number of nitrogens with zero attached hydrogens (tertiary/aromatic N) is 2. The summed E-state index contributed by atoms with van der Waals surface area (Å²) in [6.45, 7) is 1.66. The minimum atomic E-state index is -1.25. The van der Waals surface area contributed by atoms with Gasteiger partial charge >= 0.3 is 0 Å². The first-order valence-corrected chi connectivity index (χ1v) is 5.26. The van der Waals surface area contributed by atoms with Gasteiger partial charge < -0.3 is 5.32 Å². The third-order valence-electron chi connectivity index (χ3n) is 2.21. The summed E-state index contributed by atoms with van der Waals surface area (Å²) in [5.74, 6) is -3.12. The fourth-order valence-corrected chi connectivity index (χ4v) is 1.43. The molecule has 7 heteroatoms. The van der Waals surface area contributed by atoms with E-state index < -0.39 is 17.5 Å². The van der Waals surface area contributed by atoms with Crippen molar-refractivity contribution in [2.75, 3.05) is 5.32 Å². The maximum absolute atomic E-state index is 13.4. The predicted molar refractivity (Wildman–Crippen MR) is 61.4 cm³/mol.